The molecule has 0 radical (unpaired) electrons. The zero-order chi connectivity index (χ0) is 15.4. The van der Waals surface area contributed by atoms with E-state index in [9.17, 15) is 4.79 Å². The molecule has 1 aromatic carbocycles. The molecule has 2 heterocycles. The van der Waals surface area contributed by atoms with Gasteiger partial charge < -0.3 is 10.1 Å². The molecule has 3 rings (SSSR count). The zero-order valence-corrected chi connectivity index (χ0v) is 13.4. The van der Waals surface area contributed by atoms with Crippen molar-refractivity contribution in [2.75, 3.05) is 13.2 Å². The molecule has 0 bridgehead atoms. The van der Waals surface area contributed by atoms with E-state index in [1.54, 1.807) is 0 Å². The highest BCUT2D eigenvalue weighted by Gasteiger charge is 2.21. The number of nitrogens with one attached hydrogen (secondary N) is 1. The van der Waals surface area contributed by atoms with E-state index in [1.807, 2.05) is 18.2 Å². The van der Waals surface area contributed by atoms with Gasteiger partial charge in [0.15, 0.2) is 0 Å². The number of nitrogens with zero attached hydrogens (tertiary/aromatic N) is 2. The summed E-state index contributed by atoms with van der Waals surface area (Å²) in [6.07, 6.45) is 2.68. The zero-order valence-electron chi connectivity index (χ0n) is 12.5. The van der Waals surface area contributed by atoms with E-state index in [1.165, 1.54) is 17.1 Å². The molecule has 0 saturated carbocycles. The minimum absolute atomic E-state index is 0.0719. The summed E-state index contributed by atoms with van der Waals surface area (Å²) in [6, 6.07) is 8.07. The molecule has 2 aromatic rings. The van der Waals surface area contributed by atoms with Crippen LogP contribution in [-0.4, -0.2) is 28.6 Å². The maximum Gasteiger partial charge on any atom is 0.264 e. The number of hydrogen-bond donors (Lipinski definition) is 1. The first-order chi connectivity index (χ1) is 10.8. The van der Waals surface area contributed by atoms with Gasteiger partial charge in [0.2, 0.25) is 0 Å². The Morgan fingerprint density at radius 2 is 2.32 bits per heavy atom. The van der Waals surface area contributed by atoms with Crippen LogP contribution >= 0.6 is 11.5 Å². The smallest absolute Gasteiger partial charge is 0.264 e. The highest BCUT2D eigenvalue weighted by molar-refractivity contribution is 7.08. The van der Waals surface area contributed by atoms with Crippen LogP contribution in [0.25, 0.3) is 0 Å². The molecular weight excluding hydrogens is 298 g/mol. The van der Waals surface area contributed by atoms with Gasteiger partial charge in [0.05, 0.1) is 12.3 Å². The van der Waals surface area contributed by atoms with Crippen LogP contribution in [0.4, 0.5) is 0 Å². The lowest BCUT2D eigenvalue weighted by Gasteiger charge is -2.25. The Morgan fingerprint density at radius 3 is 3.18 bits per heavy atom. The van der Waals surface area contributed by atoms with Crippen LogP contribution in [0.3, 0.4) is 0 Å². The summed E-state index contributed by atoms with van der Waals surface area (Å²) in [7, 11) is 0. The number of ether oxygens (including phenoxy) is 1. The molecule has 0 unspecified atom stereocenters. The molecule has 1 N–H and O–H groups in total. The summed E-state index contributed by atoms with van der Waals surface area (Å²) in [5.74, 6) is 1.19. The molecule has 1 aliphatic heterocycles. The van der Waals surface area contributed by atoms with E-state index in [-0.39, 0.29) is 5.91 Å². The monoisotopic (exact) mass is 317 g/mol. The average Bonchev–Trinajstić information content (AvgIpc) is 3.01. The van der Waals surface area contributed by atoms with Gasteiger partial charge in [0.1, 0.15) is 10.6 Å². The SMILES string of the molecule is CCCc1nnsc1C(=O)NC[C@@H]1COc2ccccc2C1. The van der Waals surface area contributed by atoms with E-state index in [2.05, 4.69) is 27.9 Å². The number of fused-ring (bicyclic) bond motifs is 1. The van der Waals surface area contributed by atoms with Crippen LogP contribution in [0.2, 0.25) is 0 Å². The Morgan fingerprint density at radius 1 is 1.45 bits per heavy atom. The largest absolute Gasteiger partial charge is 0.493 e. The summed E-state index contributed by atoms with van der Waals surface area (Å²) >= 11 is 1.17. The predicted octanol–water partition coefficient (Wildman–Crippen LogP) is 2.47. The van der Waals surface area contributed by atoms with Crippen molar-refractivity contribution < 1.29 is 9.53 Å². The van der Waals surface area contributed by atoms with Crippen molar-refractivity contribution in [3.05, 3.63) is 40.4 Å². The first-order valence-corrected chi connectivity index (χ1v) is 8.35. The Kier molecular flexibility index (Phi) is 4.68. The lowest BCUT2D eigenvalue weighted by Crippen LogP contribution is -2.34. The van der Waals surface area contributed by atoms with Crippen LogP contribution in [0.15, 0.2) is 24.3 Å². The molecule has 1 aliphatic rings. The fourth-order valence-electron chi connectivity index (χ4n) is 2.62. The topological polar surface area (TPSA) is 64.1 Å². The highest BCUT2D eigenvalue weighted by Crippen LogP contribution is 2.26. The van der Waals surface area contributed by atoms with Crippen LogP contribution < -0.4 is 10.1 Å². The molecule has 1 atom stereocenters. The van der Waals surface area contributed by atoms with Gasteiger partial charge in [-0.2, -0.15) is 0 Å². The van der Waals surface area contributed by atoms with Crippen molar-refractivity contribution in [2.45, 2.75) is 26.2 Å². The molecule has 0 aliphatic carbocycles. The minimum atomic E-state index is -0.0719. The summed E-state index contributed by atoms with van der Waals surface area (Å²) in [5.41, 5.74) is 2.01. The molecule has 6 heteroatoms. The van der Waals surface area contributed by atoms with E-state index in [4.69, 9.17) is 4.74 Å². The second-order valence-corrected chi connectivity index (χ2v) is 6.25. The predicted molar refractivity (Wildman–Crippen MR) is 85.4 cm³/mol. The van der Waals surface area contributed by atoms with Gasteiger partial charge in [-0.05, 0) is 36.0 Å². The molecule has 0 spiro atoms. The number of amides is 1. The molecule has 1 aromatic heterocycles. The third kappa shape index (κ3) is 3.27. The van der Waals surface area contributed by atoms with Crippen LogP contribution in [0.5, 0.6) is 5.75 Å². The average molecular weight is 317 g/mol. The molecule has 22 heavy (non-hydrogen) atoms. The third-order valence-corrected chi connectivity index (χ3v) is 4.52. The standard InChI is InChI=1S/C16H19N3O2S/c1-2-5-13-15(22-19-18-13)16(20)17-9-11-8-12-6-3-4-7-14(12)21-10-11/h3-4,6-7,11H,2,5,8-10H2,1H3,(H,17,20)/t11-/m1/s1. The van der Waals surface area contributed by atoms with Gasteiger partial charge in [-0.15, -0.1) is 5.10 Å². The lowest BCUT2D eigenvalue weighted by molar-refractivity contribution is 0.0942. The molecule has 0 fully saturated rings. The van der Waals surface area contributed by atoms with Gasteiger partial charge >= 0.3 is 0 Å². The molecular formula is C16H19N3O2S. The van der Waals surface area contributed by atoms with Crippen LogP contribution in [-0.2, 0) is 12.8 Å². The first kappa shape index (κ1) is 15.0. The second-order valence-electron chi connectivity index (χ2n) is 5.50. The van der Waals surface area contributed by atoms with Crippen molar-refractivity contribution in [1.82, 2.24) is 14.9 Å². The second kappa shape index (κ2) is 6.87. The quantitative estimate of drug-likeness (QED) is 0.920. The Bertz CT molecular complexity index is 656. The van der Waals surface area contributed by atoms with Crippen molar-refractivity contribution in [2.24, 2.45) is 5.92 Å². The maximum atomic E-state index is 12.3. The summed E-state index contributed by atoms with van der Waals surface area (Å²) in [6.45, 7) is 3.31. The molecule has 5 nitrogen and oxygen atoms in total. The first-order valence-electron chi connectivity index (χ1n) is 7.58. The number of carbonyl (C=O) groups is 1. The number of rotatable bonds is 5. The van der Waals surface area contributed by atoms with Gasteiger partial charge in [-0.1, -0.05) is 36.0 Å². The number of hydrogen-bond acceptors (Lipinski definition) is 5. The number of aromatic nitrogens is 2. The Balaban J connectivity index is 1.57. The fraction of sp³-hybridized carbons (Fsp3) is 0.438. The minimum Gasteiger partial charge on any atom is -0.493 e. The highest BCUT2D eigenvalue weighted by atomic mass is 32.1. The lowest BCUT2D eigenvalue weighted by atomic mass is 9.97. The van der Waals surface area contributed by atoms with E-state index in [0.717, 1.165) is 30.7 Å². The van der Waals surface area contributed by atoms with E-state index < -0.39 is 0 Å². The van der Waals surface area contributed by atoms with Crippen molar-refractivity contribution in [3.63, 3.8) is 0 Å². The normalized spacial score (nSPS) is 16.7. The van der Waals surface area contributed by atoms with Gasteiger partial charge in [-0.3, -0.25) is 4.79 Å². The number of aryl methyl sites for hydroxylation is 1. The summed E-state index contributed by atoms with van der Waals surface area (Å²) in [4.78, 5) is 12.9. The van der Waals surface area contributed by atoms with Crippen molar-refractivity contribution in [1.29, 1.82) is 0 Å². The third-order valence-electron chi connectivity index (χ3n) is 3.76. The van der Waals surface area contributed by atoms with Gasteiger partial charge in [0.25, 0.3) is 5.91 Å². The Hall–Kier alpha value is -1.95. The maximum absolute atomic E-state index is 12.3. The summed E-state index contributed by atoms with van der Waals surface area (Å²) < 4.78 is 9.64. The van der Waals surface area contributed by atoms with Crippen molar-refractivity contribution >= 4 is 17.4 Å². The van der Waals surface area contributed by atoms with E-state index >= 15 is 0 Å². The van der Waals surface area contributed by atoms with E-state index in [0.29, 0.717) is 23.9 Å². The Labute approximate surface area is 133 Å². The number of carbonyl (C=O) groups excluding carboxylic acids is 1. The molecule has 0 saturated heterocycles. The number of benzene rings is 1. The fourth-order valence-corrected chi connectivity index (χ4v) is 3.25. The summed E-state index contributed by atoms with van der Waals surface area (Å²) in [5, 5.41) is 7.03. The van der Waals surface area contributed by atoms with Gasteiger partial charge in [0, 0.05) is 12.5 Å². The van der Waals surface area contributed by atoms with Crippen LogP contribution in [0.1, 0.15) is 34.3 Å². The van der Waals surface area contributed by atoms with Crippen molar-refractivity contribution in [3.8, 4) is 5.75 Å². The number of para-hydroxylation sites is 1. The molecule has 116 valence electrons. The van der Waals surface area contributed by atoms with Gasteiger partial charge in [-0.25, -0.2) is 0 Å². The van der Waals surface area contributed by atoms with Crippen LogP contribution in [0, 0.1) is 5.92 Å². The molecule has 1 amide bonds.